The van der Waals surface area contributed by atoms with E-state index in [1.165, 1.54) is 12.7 Å². The average Bonchev–Trinajstić information content (AvgIpc) is 2.86. The molecule has 1 heterocycles. The molecule has 4 heteroatoms. The molecule has 24 heavy (non-hydrogen) atoms. The normalized spacial score (nSPS) is 11.4. The Kier molecular flexibility index (Phi) is 10.0. The van der Waals surface area contributed by atoms with Crippen molar-refractivity contribution < 1.29 is 9.53 Å². The molecule has 0 aliphatic heterocycles. The summed E-state index contributed by atoms with van der Waals surface area (Å²) in [5.41, 5.74) is 6.53. The summed E-state index contributed by atoms with van der Waals surface area (Å²) in [6, 6.07) is 2.12. The molecule has 0 saturated heterocycles. The van der Waals surface area contributed by atoms with Crippen LogP contribution in [0, 0.1) is 19.8 Å². The molecule has 4 nitrogen and oxygen atoms in total. The molecule has 0 saturated carbocycles. The van der Waals surface area contributed by atoms with Crippen LogP contribution in [0.5, 0.6) is 0 Å². The first-order valence-corrected chi connectivity index (χ1v) is 8.74. The van der Waals surface area contributed by atoms with E-state index in [2.05, 4.69) is 31.8 Å². The van der Waals surface area contributed by atoms with E-state index >= 15 is 0 Å². The minimum absolute atomic E-state index is 0.196. The minimum Gasteiger partial charge on any atom is -0.469 e. The summed E-state index contributed by atoms with van der Waals surface area (Å²) in [6.45, 7) is 16.4. The number of nitrogens with zero attached hydrogens (tertiary/aromatic N) is 1. The van der Waals surface area contributed by atoms with Gasteiger partial charge < -0.3 is 9.72 Å². The summed E-state index contributed by atoms with van der Waals surface area (Å²) in [7, 11) is 1.42. The Bertz CT molecular complexity index is 589. The predicted molar refractivity (Wildman–Crippen MR) is 103 cm³/mol. The summed E-state index contributed by atoms with van der Waals surface area (Å²) < 4.78 is 4.79. The Hall–Kier alpha value is -1.84. The third kappa shape index (κ3) is 6.73. The van der Waals surface area contributed by atoms with Gasteiger partial charge in [0.1, 0.15) is 0 Å². The lowest BCUT2D eigenvalue weighted by molar-refractivity contribution is -0.140. The van der Waals surface area contributed by atoms with Crippen molar-refractivity contribution >= 4 is 17.3 Å². The van der Waals surface area contributed by atoms with Crippen LogP contribution in [-0.4, -0.2) is 23.8 Å². The SMILES string of the molecule is CC.COC(=O)CC/C(=C(/N=C(C)C)C(C)C)c1[nH]c(C)cc1C. The van der Waals surface area contributed by atoms with E-state index in [1.807, 2.05) is 34.6 Å². The molecular formula is C20H34N2O2. The number of carbonyl (C=O) groups is 1. The van der Waals surface area contributed by atoms with E-state index in [0.29, 0.717) is 12.8 Å². The third-order valence-corrected chi connectivity index (χ3v) is 3.46. The number of carbonyl (C=O) groups excluding carboxylic acids is 1. The quantitative estimate of drug-likeness (QED) is 0.555. The minimum atomic E-state index is -0.196. The van der Waals surface area contributed by atoms with E-state index < -0.39 is 0 Å². The summed E-state index contributed by atoms with van der Waals surface area (Å²) in [5.74, 6) is 0.0873. The topological polar surface area (TPSA) is 54.4 Å². The van der Waals surface area contributed by atoms with Gasteiger partial charge in [-0.1, -0.05) is 27.7 Å². The molecule has 0 atom stereocenters. The van der Waals surface area contributed by atoms with Crippen LogP contribution in [0.2, 0.25) is 0 Å². The number of rotatable bonds is 6. The highest BCUT2D eigenvalue weighted by Crippen LogP contribution is 2.31. The lowest BCUT2D eigenvalue weighted by Gasteiger charge is -2.16. The highest BCUT2D eigenvalue weighted by Gasteiger charge is 2.17. The van der Waals surface area contributed by atoms with Crippen LogP contribution in [-0.2, 0) is 9.53 Å². The number of ether oxygens (including phenoxy) is 1. The first-order chi connectivity index (χ1) is 11.3. The van der Waals surface area contributed by atoms with Crippen LogP contribution in [0.1, 0.15) is 71.3 Å². The molecule has 0 unspecified atom stereocenters. The summed E-state index contributed by atoms with van der Waals surface area (Å²) >= 11 is 0. The maximum absolute atomic E-state index is 11.6. The first kappa shape index (κ1) is 22.2. The Morgan fingerprint density at radius 2 is 1.79 bits per heavy atom. The number of aliphatic imine (C=N–C) groups is 1. The molecule has 1 aromatic rings. The molecule has 0 amide bonds. The van der Waals surface area contributed by atoms with E-state index in [4.69, 9.17) is 9.73 Å². The maximum atomic E-state index is 11.6. The number of allylic oxidation sites excluding steroid dienone is 2. The van der Waals surface area contributed by atoms with Gasteiger partial charge in [-0.05, 0) is 57.2 Å². The van der Waals surface area contributed by atoms with Crippen LogP contribution >= 0.6 is 0 Å². The van der Waals surface area contributed by atoms with Crippen molar-refractivity contribution in [2.45, 2.75) is 68.2 Å². The van der Waals surface area contributed by atoms with Crippen molar-refractivity contribution in [1.29, 1.82) is 0 Å². The number of nitrogens with one attached hydrogen (secondary N) is 1. The second kappa shape index (κ2) is 10.8. The third-order valence-electron chi connectivity index (χ3n) is 3.46. The summed E-state index contributed by atoms with van der Waals surface area (Å²) in [6.07, 6.45) is 0.982. The molecule has 0 aliphatic carbocycles. The highest BCUT2D eigenvalue weighted by molar-refractivity contribution is 5.83. The van der Waals surface area contributed by atoms with Crippen LogP contribution in [0.25, 0.3) is 5.57 Å². The Morgan fingerprint density at radius 3 is 2.17 bits per heavy atom. The number of H-pyrrole nitrogens is 1. The molecular weight excluding hydrogens is 300 g/mol. The molecule has 0 fully saturated rings. The number of aryl methyl sites for hydroxylation is 2. The molecule has 0 radical (unpaired) electrons. The van der Waals surface area contributed by atoms with Gasteiger partial charge >= 0.3 is 5.97 Å². The predicted octanol–water partition coefficient (Wildman–Crippen LogP) is 5.46. The number of hydrogen-bond acceptors (Lipinski definition) is 3. The fraction of sp³-hybridized carbons (Fsp3) is 0.600. The van der Waals surface area contributed by atoms with Gasteiger partial charge in [-0.15, -0.1) is 0 Å². The van der Waals surface area contributed by atoms with Gasteiger partial charge in [0.2, 0.25) is 0 Å². The zero-order valence-electron chi connectivity index (χ0n) is 16.8. The Morgan fingerprint density at radius 1 is 1.21 bits per heavy atom. The number of aromatic nitrogens is 1. The summed E-state index contributed by atoms with van der Waals surface area (Å²) in [5, 5.41) is 0. The van der Waals surface area contributed by atoms with E-state index in [1.54, 1.807) is 0 Å². The largest absolute Gasteiger partial charge is 0.469 e. The van der Waals surface area contributed by atoms with Crippen molar-refractivity contribution in [2.24, 2.45) is 10.9 Å². The molecule has 1 N–H and O–H groups in total. The smallest absolute Gasteiger partial charge is 0.305 e. The zero-order chi connectivity index (χ0) is 18.9. The highest BCUT2D eigenvalue weighted by atomic mass is 16.5. The van der Waals surface area contributed by atoms with Gasteiger partial charge in [0, 0.05) is 29.2 Å². The van der Waals surface area contributed by atoms with E-state index in [-0.39, 0.29) is 11.9 Å². The van der Waals surface area contributed by atoms with Crippen LogP contribution in [0.15, 0.2) is 16.8 Å². The molecule has 0 spiro atoms. The fourth-order valence-corrected chi connectivity index (χ4v) is 2.54. The van der Waals surface area contributed by atoms with Gasteiger partial charge in [-0.2, -0.15) is 0 Å². The molecule has 0 aromatic carbocycles. The first-order valence-electron chi connectivity index (χ1n) is 8.74. The molecule has 0 aliphatic rings. The Balaban J connectivity index is 0.00000254. The lowest BCUT2D eigenvalue weighted by Crippen LogP contribution is -2.05. The van der Waals surface area contributed by atoms with Gasteiger partial charge in [0.15, 0.2) is 0 Å². The van der Waals surface area contributed by atoms with Crippen LogP contribution in [0.3, 0.4) is 0 Å². The van der Waals surface area contributed by atoms with Crippen molar-refractivity contribution in [1.82, 2.24) is 4.98 Å². The second-order valence-electron chi connectivity index (χ2n) is 6.16. The van der Waals surface area contributed by atoms with Crippen molar-refractivity contribution in [3.05, 3.63) is 28.7 Å². The summed E-state index contributed by atoms with van der Waals surface area (Å²) in [4.78, 5) is 19.7. The molecule has 136 valence electrons. The maximum Gasteiger partial charge on any atom is 0.305 e. The van der Waals surface area contributed by atoms with Crippen LogP contribution in [0.4, 0.5) is 0 Å². The van der Waals surface area contributed by atoms with Crippen molar-refractivity contribution in [3.8, 4) is 0 Å². The van der Waals surface area contributed by atoms with E-state index in [0.717, 1.165) is 28.4 Å². The second-order valence-corrected chi connectivity index (χ2v) is 6.16. The van der Waals surface area contributed by atoms with E-state index in [9.17, 15) is 4.79 Å². The number of esters is 1. The lowest BCUT2D eigenvalue weighted by atomic mass is 9.96. The van der Waals surface area contributed by atoms with Gasteiger partial charge in [-0.3, -0.25) is 9.79 Å². The monoisotopic (exact) mass is 334 g/mol. The average molecular weight is 335 g/mol. The standard InChI is InChI=1S/C18H28N2O2.C2H6/c1-11(2)17(19-12(3)4)15(8-9-16(21)22-7)18-13(5)10-14(6)20-18;1-2/h10-11,20H,8-9H2,1-7H3;1-2H3/b17-15-;. The molecule has 1 aromatic heterocycles. The van der Waals surface area contributed by atoms with Gasteiger partial charge in [0.05, 0.1) is 7.11 Å². The van der Waals surface area contributed by atoms with Crippen LogP contribution < -0.4 is 0 Å². The molecule has 0 bridgehead atoms. The van der Waals surface area contributed by atoms with Crippen molar-refractivity contribution in [2.75, 3.05) is 7.11 Å². The Labute approximate surface area is 147 Å². The number of aromatic amines is 1. The van der Waals surface area contributed by atoms with Gasteiger partial charge in [-0.25, -0.2) is 0 Å². The molecule has 1 rings (SSSR count). The number of hydrogen-bond donors (Lipinski definition) is 1. The van der Waals surface area contributed by atoms with Gasteiger partial charge in [0.25, 0.3) is 0 Å². The number of methoxy groups -OCH3 is 1. The fourth-order valence-electron chi connectivity index (χ4n) is 2.54. The van der Waals surface area contributed by atoms with Crippen molar-refractivity contribution in [3.63, 3.8) is 0 Å². The zero-order valence-corrected chi connectivity index (χ0v) is 16.8.